The average molecular weight is 611 g/mol. The molecule has 7 aromatic carbocycles. The molecule has 0 saturated carbocycles. The molecule has 0 N–H and O–H groups in total. The van der Waals surface area contributed by atoms with Gasteiger partial charge >= 0.3 is 0 Å². The third-order valence-corrected chi connectivity index (χ3v) is 9.43. The lowest BCUT2D eigenvalue weighted by atomic mass is 9.92. The number of nitriles is 2. The van der Waals surface area contributed by atoms with Crippen LogP contribution in [0.25, 0.3) is 77.2 Å². The van der Waals surface area contributed by atoms with Gasteiger partial charge in [-0.05, 0) is 59.2 Å². The minimum Gasteiger partial charge on any atom is -0.309 e. The van der Waals surface area contributed by atoms with Crippen molar-refractivity contribution >= 4 is 43.6 Å². The Morgan fingerprint density at radius 2 is 0.896 bits per heavy atom. The number of hydrogen-bond donors (Lipinski definition) is 0. The highest BCUT2D eigenvalue weighted by Crippen LogP contribution is 2.41. The Hall–Kier alpha value is -6.88. The van der Waals surface area contributed by atoms with Gasteiger partial charge in [0, 0.05) is 27.1 Å². The maximum absolute atomic E-state index is 10.6. The zero-order valence-electron chi connectivity index (χ0n) is 25.8. The van der Waals surface area contributed by atoms with Crippen molar-refractivity contribution in [3.63, 3.8) is 0 Å². The fourth-order valence-electron chi connectivity index (χ4n) is 7.40. The van der Waals surface area contributed by atoms with Crippen molar-refractivity contribution in [2.75, 3.05) is 0 Å². The van der Waals surface area contributed by atoms with E-state index in [-0.39, 0.29) is 0 Å². The molecule has 2 heterocycles. The normalized spacial score (nSPS) is 11.3. The van der Waals surface area contributed by atoms with Gasteiger partial charge in [-0.2, -0.15) is 10.5 Å². The molecule has 4 heteroatoms. The van der Waals surface area contributed by atoms with Gasteiger partial charge in [0.25, 0.3) is 0 Å². The molecule has 4 nitrogen and oxygen atoms in total. The zero-order valence-corrected chi connectivity index (χ0v) is 25.8. The molecule has 0 aliphatic rings. The van der Waals surface area contributed by atoms with E-state index in [9.17, 15) is 10.5 Å². The summed E-state index contributed by atoms with van der Waals surface area (Å²) in [6.45, 7) is 0. The highest BCUT2D eigenvalue weighted by Gasteiger charge is 2.20. The van der Waals surface area contributed by atoms with Crippen molar-refractivity contribution in [1.29, 1.82) is 10.5 Å². The molecule has 0 radical (unpaired) electrons. The summed E-state index contributed by atoms with van der Waals surface area (Å²) in [5.41, 5.74) is 11.2. The number of fused-ring (bicyclic) bond motifs is 6. The number of rotatable bonds is 4. The highest BCUT2D eigenvalue weighted by atomic mass is 15.0. The van der Waals surface area contributed by atoms with Gasteiger partial charge in [-0.15, -0.1) is 0 Å². The van der Waals surface area contributed by atoms with Crippen LogP contribution in [0.5, 0.6) is 0 Å². The Morgan fingerprint density at radius 3 is 1.56 bits per heavy atom. The molecule has 2 aromatic heterocycles. The van der Waals surface area contributed by atoms with E-state index in [4.69, 9.17) is 0 Å². The molecule has 9 aromatic rings. The first-order chi connectivity index (χ1) is 23.8. The highest BCUT2D eigenvalue weighted by molar-refractivity contribution is 6.11. The van der Waals surface area contributed by atoms with Crippen LogP contribution in [0.4, 0.5) is 0 Å². The second-order valence-corrected chi connectivity index (χ2v) is 11.9. The van der Waals surface area contributed by atoms with Crippen LogP contribution in [0.15, 0.2) is 158 Å². The van der Waals surface area contributed by atoms with Gasteiger partial charge in [-0.3, -0.25) is 0 Å². The third kappa shape index (κ3) is 4.01. The molecular weight excluding hydrogens is 585 g/mol. The van der Waals surface area contributed by atoms with Gasteiger partial charge in [-0.25, -0.2) is 0 Å². The Balaban J connectivity index is 1.26. The number of para-hydroxylation sites is 5. The van der Waals surface area contributed by atoms with Gasteiger partial charge in [0.05, 0.1) is 44.6 Å². The van der Waals surface area contributed by atoms with E-state index < -0.39 is 0 Å². The van der Waals surface area contributed by atoms with E-state index in [0.29, 0.717) is 11.1 Å². The maximum atomic E-state index is 10.6. The maximum Gasteiger partial charge on any atom is 0.101 e. The van der Waals surface area contributed by atoms with Crippen LogP contribution in [-0.4, -0.2) is 9.13 Å². The van der Waals surface area contributed by atoms with Crippen molar-refractivity contribution in [1.82, 2.24) is 9.13 Å². The van der Waals surface area contributed by atoms with E-state index in [1.807, 2.05) is 54.6 Å². The molecule has 0 atom stereocenters. The van der Waals surface area contributed by atoms with Crippen LogP contribution >= 0.6 is 0 Å². The first-order valence-electron chi connectivity index (χ1n) is 15.9. The molecule has 0 unspecified atom stereocenters. The molecule has 0 amide bonds. The molecule has 0 aliphatic carbocycles. The van der Waals surface area contributed by atoms with Crippen LogP contribution in [0.2, 0.25) is 0 Å². The van der Waals surface area contributed by atoms with Gasteiger partial charge in [0.2, 0.25) is 0 Å². The van der Waals surface area contributed by atoms with Crippen LogP contribution in [-0.2, 0) is 0 Å². The third-order valence-electron chi connectivity index (χ3n) is 9.43. The van der Waals surface area contributed by atoms with E-state index in [1.165, 1.54) is 10.8 Å². The molecule has 0 fully saturated rings. The Bertz CT molecular complexity index is 2760. The predicted molar refractivity (Wildman–Crippen MR) is 195 cm³/mol. The fraction of sp³-hybridized carbons (Fsp3) is 0. The topological polar surface area (TPSA) is 57.4 Å². The Kier molecular flexibility index (Phi) is 6.22. The molecule has 48 heavy (non-hydrogen) atoms. The van der Waals surface area contributed by atoms with Crippen molar-refractivity contribution in [2.24, 2.45) is 0 Å². The summed E-state index contributed by atoms with van der Waals surface area (Å²) in [5.74, 6) is 0. The average Bonchev–Trinajstić information content (AvgIpc) is 3.68. The van der Waals surface area contributed by atoms with Crippen molar-refractivity contribution in [2.45, 2.75) is 0 Å². The Morgan fingerprint density at radius 1 is 0.375 bits per heavy atom. The van der Waals surface area contributed by atoms with Gasteiger partial charge in [0.15, 0.2) is 0 Å². The van der Waals surface area contributed by atoms with Crippen molar-refractivity contribution in [3.8, 4) is 45.8 Å². The molecule has 9 rings (SSSR count). The summed E-state index contributed by atoms with van der Waals surface area (Å²) in [6, 6.07) is 58.9. The summed E-state index contributed by atoms with van der Waals surface area (Å²) in [6.07, 6.45) is 0. The monoisotopic (exact) mass is 610 g/mol. The summed E-state index contributed by atoms with van der Waals surface area (Å²) in [7, 11) is 0. The molecule has 222 valence electrons. The standard InChI is InChI=1S/C44H26N4/c45-27-30-12-11-19-38-37-18-6-10-23-43(37)48(44(30)38)39-25-24-29(26-31(39)28-46)32-13-1-2-14-33(32)34-15-3-7-20-40(34)47-41-21-8-4-16-35(41)36-17-5-9-22-42(36)47/h1-26H. The van der Waals surface area contributed by atoms with Crippen LogP contribution in [0.1, 0.15) is 11.1 Å². The minimum absolute atomic E-state index is 0.536. The number of aromatic nitrogens is 2. The second-order valence-electron chi connectivity index (χ2n) is 11.9. The van der Waals surface area contributed by atoms with Crippen LogP contribution in [0.3, 0.4) is 0 Å². The predicted octanol–water partition coefficient (Wildman–Crippen LogP) is 11.0. The smallest absolute Gasteiger partial charge is 0.101 e. The molecule has 0 aliphatic heterocycles. The van der Waals surface area contributed by atoms with Gasteiger partial charge in [-0.1, -0.05) is 115 Å². The van der Waals surface area contributed by atoms with E-state index >= 15 is 0 Å². The largest absolute Gasteiger partial charge is 0.309 e. The number of benzene rings is 7. The Labute approximate surface area is 277 Å². The van der Waals surface area contributed by atoms with Crippen LogP contribution < -0.4 is 0 Å². The van der Waals surface area contributed by atoms with Gasteiger partial charge in [0.1, 0.15) is 12.1 Å². The zero-order chi connectivity index (χ0) is 32.2. The SMILES string of the molecule is N#Cc1cc(-c2ccccc2-c2ccccc2-n2c3ccccc3c3ccccc32)ccc1-n1c2ccccc2c2cccc(C#N)c21. The lowest BCUT2D eigenvalue weighted by Crippen LogP contribution is -2.00. The molecule has 0 spiro atoms. The summed E-state index contributed by atoms with van der Waals surface area (Å²) < 4.78 is 4.42. The second kappa shape index (κ2) is 10.9. The van der Waals surface area contributed by atoms with Crippen molar-refractivity contribution in [3.05, 3.63) is 169 Å². The van der Waals surface area contributed by atoms with Crippen molar-refractivity contribution < 1.29 is 0 Å². The molecular formula is C44H26N4. The van der Waals surface area contributed by atoms with Gasteiger partial charge < -0.3 is 9.13 Å². The van der Waals surface area contributed by atoms with E-state index in [2.05, 4.69) is 124 Å². The summed E-state index contributed by atoms with van der Waals surface area (Å²) in [4.78, 5) is 0. The fourth-order valence-corrected chi connectivity index (χ4v) is 7.40. The molecule has 0 bridgehead atoms. The van der Waals surface area contributed by atoms with E-state index in [1.54, 1.807) is 0 Å². The number of hydrogen-bond acceptors (Lipinski definition) is 2. The minimum atomic E-state index is 0.536. The lowest BCUT2D eigenvalue weighted by Gasteiger charge is -2.18. The first-order valence-corrected chi connectivity index (χ1v) is 15.9. The van der Waals surface area contributed by atoms with E-state index in [0.717, 1.165) is 66.5 Å². The summed E-state index contributed by atoms with van der Waals surface area (Å²) >= 11 is 0. The number of nitrogens with zero attached hydrogens (tertiary/aromatic N) is 4. The van der Waals surface area contributed by atoms with Crippen LogP contribution in [0, 0.1) is 22.7 Å². The summed E-state index contributed by atoms with van der Waals surface area (Å²) in [5, 5.41) is 25.1. The lowest BCUT2D eigenvalue weighted by molar-refractivity contribution is 1.16. The quantitative estimate of drug-likeness (QED) is 0.199. The first kappa shape index (κ1) is 27.4. The molecule has 0 saturated heterocycles.